The van der Waals surface area contributed by atoms with Gasteiger partial charge in [0.25, 0.3) is 0 Å². The molecule has 122 valence electrons. The first kappa shape index (κ1) is 16.3. The highest BCUT2D eigenvalue weighted by Crippen LogP contribution is 2.30. The van der Waals surface area contributed by atoms with Crippen molar-refractivity contribution in [3.05, 3.63) is 18.2 Å². The van der Waals surface area contributed by atoms with Crippen LogP contribution in [-0.2, 0) is 10.2 Å². The highest BCUT2D eigenvalue weighted by molar-refractivity contribution is 7.86. The number of methoxy groups -OCH3 is 1. The maximum Gasteiger partial charge on any atom is 0.407 e. The van der Waals surface area contributed by atoms with E-state index in [4.69, 9.17) is 14.6 Å². The smallest absolute Gasteiger partial charge is 0.407 e. The van der Waals surface area contributed by atoms with E-state index in [1.54, 1.807) is 0 Å². The zero-order valence-corrected chi connectivity index (χ0v) is 12.7. The van der Waals surface area contributed by atoms with E-state index in [0.717, 1.165) is 6.07 Å². The van der Waals surface area contributed by atoms with Gasteiger partial charge in [-0.15, -0.1) is 3.89 Å². The molecule has 1 fully saturated rings. The van der Waals surface area contributed by atoms with Crippen molar-refractivity contribution in [3.63, 3.8) is 0 Å². The summed E-state index contributed by atoms with van der Waals surface area (Å²) < 4.78 is 45.5. The minimum absolute atomic E-state index is 0.161. The summed E-state index contributed by atoms with van der Waals surface area (Å²) >= 11 is 0. The van der Waals surface area contributed by atoms with Crippen LogP contribution < -0.4 is 9.47 Å². The lowest BCUT2D eigenvalue weighted by molar-refractivity contribution is 0.0790. The topological polar surface area (TPSA) is 93.1 Å². The first-order valence-corrected chi connectivity index (χ1v) is 7.97. The van der Waals surface area contributed by atoms with Gasteiger partial charge in [0.15, 0.2) is 0 Å². The zero-order chi connectivity index (χ0) is 16.3. The molecule has 2 rings (SSSR count). The van der Waals surface area contributed by atoms with E-state index in [9.17, 15) is 17.1 Å². The van der Waals surface area contributed by atoms with Crippen molar-refractivity contribution in [1.29, 1.82) is 0 Å². The molecule has 1 aliphatic heterocycles. The van der Waals surface area contributed by atoms with Crippen molar-refractivity contribution < 1.29 is 31.7 Å². The van der Waals surface area contributed by atoms with Crippen molar-refractivity contribution in [3.8, 4) is 11.5 Å². The van der Waals surface area contributed by atoms with Gasteiger partial charge in [-0.05, 0) is 25.0 Å². The predicted molar refractivity (Wildman–Crippen MR) is 74.5 cm³/mol. The molecular formula is C13H16FNO6S. The van der Waals surface area contributed by atoms with Crippen LogP contribution in [0.1, 0.15) is 12.8 Å². The number of ether oxygens (including phenoxy) is 2. The highest BCUT2D eigenvalue weighted by atomic mass is 32.3. The maximum atomic E-state index is 13.1. The number of hydrogen-bond donors (Lipinski definition) is 1. The molecule has 1 N–H and O–H groups in total. The zero-order valence-electron chi connectivity index (χ0n) is 11.9. The molecule has 9 heteroatoms. The Labute approximate surface area is 127 Å². The largest absolute Gasteiger partial charge is 0.495 e. The van der Waals surface area contributed by atoms with Crippen molar-refractivity contribution in [2.24, 2.45) is 0 Å². The second-order valence-electron chi connectivity index (χ2n) is 4.86. The fraction of sp³-hybridized carbons (Fsp3) is 0.462. The number of hydrogen-bond acceptors (Lipinski definition) is 5. The normalized spacial score (nSPS) is 18.8. The van der Waals surface area contributed by atoms with Crippen LogP contribution in [0, 0.1) is 0 Å². The van der Waals surface area contributed by atoms with Crippen LogP contribution in [-0.4, -0.2) is 50.8 Å². The van der Waals surface area contributed by atoms with Gasteiger partial charge in [-0.1, -0.05) is 0 Å². The Hall–Kier alpha value is -2.03. The summed E-state index contributed by atoms with van der Waals surface area (Å²) in [5, 5.41) is 8.97. The molecule has 1 heterocycles. The van der Waals surface area contributed by atoms with Crippen LogP contribution in [0.2, 0.25) is 0 Å². The van der Waals surface area contributed by atoms with Crippen LogP contribution >= 0.6 is 0 Å². The molecule has 0 aliphatic carbocycles. The molecule has 0 spiro atoms. The number of nitrogens with zero attached hydrogens (tertiary/aromatic N) is 1. The summed E-state index contributed by atoms with van der Waals surface area (Å²) in [7, 11) is -3.66. The van der Waals surface area contributed by atoms with E-state index in [-0.39, 0.29) is 18.4 Å². The van der Waals surface area contributed by atoms with E-state index < -0.39 is 21.2 Å². The summed E-state index contributed by atoms with van der Waals surface area (Å²) in [6.07, 6.45) is -0.00698. The number of rotatable bonds is 4. The fourth-order valence-electron chi connectivity index (χ4n) is 2.32. The fourth-order valence-corrected chi connectivity index (χ4v) is 2.94. The van der Waals surface area contributed by atoms with Gasteiger partial charge in [-0.25, -0.2) is 4.79 Å². The summed E-state index contributed by atoms with van der Waals surface area (Å²) in [5.74, 6) is 0.132. The molecular weight excluding hydrogens is 317 g/mol. The number of likely N-dealkylation sites (tertiary alicyclic amines) is 1. The molecule has 1 aliphatic rings. The number of halogens is 1. The SMILES string of the molecule is COc1cc(O[C@@H]2CCCN(C(=O)O)C2)ccc1S(=O)(=O)F. The Morgan fingerprint density at radius 3 is 2.77 bits per heavy atom. The van der Waals surface area contributed by atoms with Crippen molar-refractivity contribution >= 4 is 16.3 Å². The second kappa shape index (κ2) is 6.39. The molecule has 1 atom stereocenters. The third kappa shape index (κ3) is 3.79. The van der Waals surface area contributed by atoms with E-state index in [0.29, 0.717) is 25.1 Å². The third-order valence-corrected chi connectivity index (χ3v) is 4.21. The molecule has 22 heavy (non-hydrogen) atoms. The molecule has 1 aromatic carbocycles. The van der Waals surface area contributed by atoms with E-state index in [2.05, 4.69) is 0 Å². The molecule has 1 aromatic rings. The molecule has 1 saturated heterocycles. The summed E-state index contributed by atoms with van der Waals surface area (Å²) in [5.41, 5.74) is 0. The lowest BCUT2D eigenvalue weighted by Crippen LogP contribution is -2.43. The van der Waals surface area contributed by atoms with Crippen molar-refractivity contribution in [1.82, 2.24) is 4.90 Å². The summed E-state index contributed by atoms with van der Waals surface area (Å²) in [6.45, 7) is 0.679. The van der Waals surface area contributed by atoms with Gasteiger partial charge in [0.2, 0.25) is 0 Å². The van der Waals surface area contributed by atoms with Crippen LogP contribution in [0.25, 0.3) is 0 Å². The number of carbonyl (C=O) groups is 1. The first-order valence-electron chi connectivity index (χ1n) is 6.58. The molecule has 0 saturated carbocycles. The first-order chi connectivity index (χ1) is 10.3. The monoisotopic (exact) mass is 333 g/mol. The average Bonchev–Trinajstić information content (AvgIpc) is 2.46. The van der Waals surface area contributed by atoms with Crippen LogP contribution in [0.15, 0.2) is 23.1 Å². The third-order valence-electron chi connectivity index (χ3n) is 3.35. The molecule has 7 nitrogen and oxygen atoms in total. The Balaban J connectivity index is 2.15. The van der Waals surface area contributed by atoms with E-state index >= 15 is 0 Å². The minimum atomic E-state index is -4.88. The number of amides is 1. The quantitative estimate of drug-likeness (QED) is 0.846. The Morgan fingerprint density at radius 2 is 2.18 bits per heavy atom. The molecule has 0 radical (unpaired) electrons. The molecule has 0 bridgehead atoms. The van der Waals surface area contributed by atoms with Gasteiger partial charge in [0, 0.05) is 12.6 Å². The minimum Gasteiger partial charge on any atom is -0.495 e. The van der Waals surface area contributed by atoms with Crippen LogP contribution in [0.3, 0.4) is 0 Å². The lowest BCUT2D eigenvalue weighted by Gasteiger charge is -2.31. The summed E-state index contributed by atoms with van der Waals surface area (Å²) in [6, 6.07) is 3.64. The Bertz CT molecular complexity index is 662. The standard InChI is InChI=1S/C13H16FNO6S/c1-20-11-7-9(4-5-12(11)22(14,18)19)21-10-3-2-6-15(8-10)13(16)17/h4-5,7,10H,2-3,6,8H2,1H3,(H,16,17)/t10-/m1/s1. The lowest BCUT2D eigenvalue weighted by atomic mass is 10.1. The van der Waals surface area contributed by atoms with Crippen molar-refractivity contribution in [2.45, 2.75) is 23.8 Å². The predicted octanol–water partition coefficient (Wildman–Crippen LogP) is 1.87. The van der Waals surface area contributed by atoms with E-state index in [1.165, 1.54) is 24.1 Å². The summed E-state index contributed by atoms with van der Waals surface area (Å²) in [4.78, 5) is 11.6. The van der Waals surface area contributed by atoms with E-state index in [1.807, 2.05) is 0 Å². The number of carboxylic acid groups (broad SMARTS) is 1. The van der Waals surface area contributed by atoms with Crippen molar-refractivity contribution in [2.75, 3.05) is 20.2 Å². The number of piperidine rings is 1. The van der Waals surface area contributed by atoms with Gasteiger partial charge in [0.1, 0.15) is 22.5 Å². The highest BCUT2D eigenvalue weighted by Gasteiger charge is 2.25. The Morgan fingerprint density at radius 1 is 1.45 bits per heavy atom. The second-order valence-corrected chi connectivity index (χ2v) is 6.18. The maximum absolute atomic E-state index is 13.1. The van der Waals surface area contributed by atoms with Gasteiger partial charge in [-0.3, -0.25) is 0 Å². The van der Waals surface area contributed by atoms with Gasteiger partial charge >= 0.3 is 16.3 Å². The van der Waals surface area contributed by atoms with Gasteiger partial charge in [-0.2, -0.15) is 8.42 Å². The van der Waals surface area contributed by atoms with Crippen LogP contribution in [0.5, 0.6) is 11.5 Å². The van der Waals surface area contributed by atoms with Gasteiger partial charge in [0.05, 0.1) is 13.7 Å². The Kier molecular flexibility index (Phi) is 4.74. The van der Waals surface area contributed by atoms with Gasteiger partial charge < -0.3 is 19.5 Å². The van der Waals surface area contributed by atoms with Crippen LogP contribution in [0.4, 0.5) is 8.68 Å². The average molecular weight is 333 g/mol. The molecule has 1 amide bonds. The molecule has 0 aromatic heterocycles. The molecule has 0 unspecified atom stereocenters. The number of benzene rings is 1.